The molecule has 1 heterocycles. The number of carbonyl (C=O) groups is 1. The van der Waals surface area contributed by atoms with Crippen LogP contribution in [0.1, 0.15) is 20.3 Å². The molecule has 0 aromatic rings. The molecule has 0 saturated carbocycles. The van der Waals surface area contributed by atoms with Crippen LogP contribution in [0.4, 0.5) is 0 Å². The van der Waals surface area contributed by atoms with Gasteiger partial charge in [0.2, 0.25) is 0 Å². The van der Waals surface area contributed by atoms with Crippen LogP contribution < -0.4 is 5.32 Å². The molecule has 1 N–H and O–H groups in total. The van der Waals surface area contributed by atoms with E-state index in [9.17, 15) is 4.79 Å². The maximum atomic E-state index is 10.6. The normalized spacial score (nSPS) is 26.5. The molecule has 1 aliphatic heterocycles. The molecule has 1 aliphatic rings. The summed E-state index contributed by atoms with van der Waals surface area (Å²) in [6.45, 7) is 4.64. The van der Waals surface area contributed by atoms with Crippen LogP contribution in [-0.4, -0.2) is 17.9 Å². The summed E-state index contributed by atoms with van der Waals surface area (Å²) >= 11 is 0. The second-order valence-electron chi connectivity index (χ2n) is 2.95. The van der Waals surface area contributed by atoms with E-state index in [0.29, 0.717) is 18.7 Å². The van der Waals surface area contributed by atoms with Gasteiger partial charge in [0.25, 0.3) is 0 Å². The third-order valence-electron chi connectivity index (χ3n) is 1.40. The molecule has 46 valence electrons. The molecule has 8 heavy (non-hydrogen) atoms. The molecule has 0 spiro atoms. The molecule has 0 aliphatic carbocycles. The lowest BCUT2D eigenvalue weighted by Gasteiger charge is -2.14. The molecular weight excluding hydrogens is 102 g/mol. The molecule has 1 rings (SSSR count). The van der Waals surface area contributed by atoms with Crippen molar-refractivity contribution in [2.45, 2.75) is 25.8 Å². The maximum absolute atomic E-state index is 10.6. The summed E-state index contributed by atoms with van der Waals surface area (Å²) in [5, 5.41) is 3.10. The Kier molecular flexibility index (Phi) is 1.12. The third kappa shape index (κ3) is 1.07. The lowest BCUT2D eigenvalue weighted by Crippen LogP contribution is -2.31. The van der Waals surface area contributed by atoms with Gasteiger partial charge in [-0.1, -0.05) is 0 Å². The Morgan fingerprint density at radius 2 is 2.25 bits per heavy atom. The van der Waals surface area contributed by atoms with Crippen molar-refractivity contribution < 1.29 is 4.79 Å². The first-order valence-corrected chi connectivity index (χ1v) is 2.87. The van der Waals surface area contributed by atoms with Crippen molar-refractivity contribution in [3.63, 3.8) is 0 Å². The quantitative estimate of drug-likeness (QED) is 0.490. The minimum Gasteiger partial charge on any atom is -0.305 e. The highest BCUT2D eigenvalue weighted by molar-refractivity contribution is 5.83. The fourth-order valence-electron chi connectivity index (χ4n) is 0.956. The Morgan fingerprint density at radius 1 is 1.62 bits per heavy atom. The Morgan fingerprint density at radius 3 is 2.38 bits per heavy atom. The SMILES string of the molecule is CC1(C)CC(=O)CN1. The summed E-state index contributed by atoms with van der Waals surface area (Å²) in [7, 11) is 0. The van der Waals surface area contributed by atoms with Crippen molar-refractivity contribution in [2.24, 2.45) is 0 Å². The van der Waals surface area contributed by atoms with Crippen LogP contribution in [-0.2, 0) is 4.79 Å². The largest absolute Gasteiger partial charge is 0.305 e. The van der Waals surface area contributed by atoms with E-state index in [1.807, 2.05) is 13.8 Å². The van der Waals surface area contributed by atoms with Crippen LogP contribution in [0.5, 0.6) is 0 Å². The Labute approximate surface area is 49.3 Å². The molecule has 0 amide bonds. The lowest BCUT2D eigenvalue weighted by molar-refractivity contribution is -0.116. The highest BCUT2D eigenvalue weighted by atomic mass is 16.1. The average Bonchev–Trinajstić information content (AvgIpc) is 1.82. The van der Waals surface area contributed by atoms with Crippen LogP contribution in [0.2, 0.25) is 0 Å². The van der Waals surface area contributed by atoms with Crippen molar-refractivity contribution in [1.29, 1.82) is 0 Å². The van der Waals surface area contributed by atoms with Gasteiger partial charge in [-0.25, -0.2) is 0 Å². The maximum Gasteiger partial charge on any atom is 0.148 e. The Balaban J connectivity index is 2.56. The molecule has 0 unspecified atom stereocenters. The molecular formula is C6H11NO. The zero-order valence-electron chi connectivity index (χ0n) is 5.32. The third-order valence-corrected chi connectivity index (χ3v) is 1.40. The summed E-state index contributed by atoms with van der Waals surface area (Å²) in [5.41, 5.74) is 0.0666. The van der Waals surface area contributed by atoms with Gasteiger partial charge in [-0.3, -0.25) is 4.79 Å². The smallest absolute Gasteiger partial charge is 0.148 e. The van der Waals surface area contributed by atoms with Crippen molar-refractivity contribution in [3.05, 3.63) is 0 Å². The first-order valence-electron chi connectivity index (χ1n) is 2.87. The van der Waals surface area contributed by atoms with E-state index in [1.165, 1.54) is 0 Å². The van der Waals surface area contributed by atoms with Gasteiger partial charge in [0.15, 0.2) is 0 Å². The first-order chi connectivity index (χ1) is 3.60. The summed E-state index contributed by atoms with van der Waals surface area (Å²) in [4.78, 5) is 10.6. The van der Waals surface area contributed by atoms with Gasteiger partial charge in [0, 0.05) is 12.0 Å². The van der Waals surface area contributed by atoms with Crippen LogP contribution in [0.15, 0.2) is 0 Å². The highest BCUT2D eigenvalue weighted by Gasteiger charge is 2.27. The second kappa shape index (κ2) is 1.55. The summed E-state index contributed by atoms with van der Waals surface area (Å²) < 4.78 is 0. The van der Waals surface area contributed by atoms with Crippen LogP contribution in [0.25, 0.3) is 0 Å². The Bertz CT molecular complexity index is 118. The number of hydrogen-bond donors (Lipinski definition) is 1. The molecule has 1 saturated heterocycles. The van der Waals surface area contributed by atoms with Gasteiger partial charge < -0.3 is 5.32 Å². The number of rotatable bonds is 0. The van der Waals surface area contributed by atoms with E-state index in [-0.39, 0.29) is 5.54 Å². The predicted octanol–water partition coefficient (Wildman–Crippen LogP) is 0.327. The average molecular weight is 113 g/mol. The van der Waals surface area contributed by atoms with Gasteiger partial charge in [0.05, 0.1) is 6.54 Å². The van der Waals surface area contributed by atoms with E-state index in [4.69, 9.17) is 0 Å². The van der Waals surface area contributed by atoms with E-state index >= 15 is 0 Å². The zero-order valence-corrected chi connectivity index (χ0v) is 5.32. The van der Waals surface area contributed by atoms with E-state index in [1.54, 1.807) is 0 Å². The second-order valence-corrected chi connectivity index (χ2v) is 2.95. The van der Waals surface area contributed by atoms with E-state index < -0.39 is 0 Å². The van der Waals surface area contributed by atoms with Gasteiger partial charge in [0.1, 0.15) is 5.78 Å². The van der Waals surface area contributed by atoms with Crippen LogP contribution >= 0.6 is 0 Å². The van der Waals surface area contributed by atoms with Crippen LogP contribution in [0.3, 0.4) is 0 Å². The minimum atomic E-state index is 0.0666. The topological polar surface area (TPSA) is 29.1 Å². The number of ketones is 1. The highest BCUT2D eigenvalue weighted by Crippen LogP contribution is 2.13. The molecule has 0 aromatic carbocycles. The molecule has 0 aromatic heterocycles. The number of nitrogens with one attached hydrogen (secondary N) is 1. The van der Waals surface area contributed by atoms with Crippen molar-refractivity contribution in [1.82, 2.24) is 5.32 Å². The van der Waals surface area contributed by atoms with Gasteiger partial charge in [-0.2, -0.15) is 0 Å². The first kappa shape index (κ1) is 5.76. The molecule has 0 atom stereocenters. The van der Waals surface area contributed by atoms with Crippen molar-refractivity contribution in [3.8, 4) is 0 Å². The fourth-order valence-corrected chi connectivity index (χ4v) is 0.956. The minimum absolute atomic E-state index is 0.0666. The molecule has 1 fully saturated rings. The Hall–Kier alpha value is -0.370. The zero-order chi connectivity index (χ0) is 6.20. The number of hydrogen-bond acceptors (Lipinski definition) is 2. The lowest BCUT2D eigenvalue weighted by atomic mass is 10.0. The number of carbonyl (C=O) groups excluding carboxylic acids is 1. The summed E-state index contributed by atoms with van der Waals surface area (Å²) in [6, 6.07) is 0. The molecule has 0 bridgehead atoms. The molecule has 0 radical (unpaired) electrons. The van der Waals surface area contributed by atoms with Gasteiger partial charge in [-0.05, 0) is 13.8 Å². The predicted molar refractivity (Wildman–Crippen MR) is 31.7 cm³/mol. The van der Waals surface area contributed by atoms with Crippen molar-refractivity contribution >= 4 is 5.78 Å². The molecule has 2 nitrogen and oxygen atoms in total. The van der Waals surface area contributed by atoms with E-state index in [0.717, 1.165) is 0 Å². The number of Topliss-reactive ketones (excluding diaryl/α,β-unsaturated/α-hetero) is 1. The monoisotopic (exact) mass is 113 g/mol. The van der Waals surface area contributed by atoms with Gasteiger partial charge in [-0.15, -0.1) is 0 Å². The molecule has 2 heteroatoms. The summed E-state index contributed by atoms with van der Waals surface area (Å²) in [5.74, 6) is 0.329. The van der Waals surface area contributed by atoms with E-state index in [2.05, 4.69) is 5.32 Å². The van der Waals surface area contributed by atoms with Crippen LogP contribution in [0, 0.1) is 0 Å². The van der Waals surface area contributed by atoms with Crippen molar-refractivity contribution in [2.75, 3.05) is 6.54 Å². The summed E-state index contributed by atoms with van der Waals surface area (Å²) in [6.07, 6.45) is 0.688. The fraction of sp³-hybridized carbons (Fsp3) is 0.833. The standard InChI is InChI=1S/C6H11NO/c1-6(2)3-5(8)4-7-6/h7H,3-4H2,1-2H3. The van der Waals surface area contributed by atoms with Gasteiger partial charge >= 0.3 is 0 Å².